The lowest BCUT2D eigenvalue weighted by Crippen LogP contribution is -2.46. The second-order valence-corrected chi connectivity index (χ2v) is 7.92. The monoisotopic (exact) mass is 420 g/mol. The van der Waals surface area contributed by atoms with Crippen LogP contribution in [0, 0.1) is 5.82 Å². The van der Waals surface area contributed by atoms with Crippen LogP contribution in [-0.2, 0) is 0 Å². The fourth-order valence-corrected chi connectivity index (χ4v) is 4.04. The largest absolute Gasteiger partial charge is 0.354 e. The van der Waals surface area contributed by atoms with E-state index >= 15 is 0 Å². The van der Waals surface area contributed by atoms with Crippen molar-refractivity contribution in [2.24, 2.45) is 0 Å². The highest BCUT2D eigenvalue weighted by Gasteiger charge is 2.20. The standard InChI is InChI=1S/C25H29FN4O/c1-3-11-27-25(31)21-10-9-19(16-22(21)26)23-17-18-7-5-6-8-20(18)24(28-23)30-14-12-29(4-2)13-15-30/h5-10,16-17H,3-4,11-15H2,1-2H3,(H,27,31). The Morgan fingerprint density at radius 1 is 1.06 bits per heavy atom. The molecule has 31 heavy (non-hydrogen) atoms. The van der Waals surface area contributed by atoms with E-state index in [9.17, 15) is 9.18 Å². The summed E-state index contributed by atoms with van der Waals surface area (Å²) >= 11 is 0. The van der Waals surface area contributed by atoms with Crippen LogP contribution in [-0.4, -0.2) is 55.1 Å². The maximum atomic E-state index is 14.8. The Morgan fingerprint density at radius 2 is 1.84 bits per heavy atom. The topological polar surface area (TPSA) is 48.5 Å². The van der Waals surface area contributed by atoms with Crippen molar-refractivity contribution in [2.75, 3.05) is 44.2 Å². The molecule has 0 saturated carbocycles. The first-order valence-electron chi connectivity index (χ1n) is 11.1. The van der Waals surface area contributed by atoms with Gasteiger partial charge in [-0.15, -0.1) is 0 Å². The molecule has 1 amide bonds. The average Bonchev–Trinajstić information content (AvgIpc) is 2.81. The molecular formula is C25H29FN4O. The number of amides is 1. The number of benzene rings is 2. The van der Waals surface area contributed by atoms with Crippen LogP contribution in [0.1, 0.15) is 30.6 Å². The molecule has 1 aliphatic heterocycles. The molecule has 2 heterocycles. The van der Waals surface area contributed by atoms with Crippen molar-refractivity contribution in [3.05, 3.63) is 59.9 Å². The Labute approximate surface area is 182 Å². The van der Waals surface area contributed by atoms with Gasteiger partial charge in [-0.1, -0.05) is 44.2 Å². The third kappa shape index (κ3) is 4.54. The van der Waals surface area contributed by atoms with Gasteiger partial charge < -0.3 is 15.1 Å². The number of halogens is 1. The van der Waals surface area contributed by atoms with E-state index in [1.165, 1.54) is 6.07 Å². The van der Waals surface area contributed by atoms with E-state index in [2.05, 4.69) is 34.2 Å². The lowest BCUT2D eigenvalue weighted by molar-refractivity contribution is 0.0949. The van der Waals surface area contributed by atoms with Crippen molar-refractivity contribution < 1.29 is 9.18 Å². The number of nitrogens with one attached hydrogen (secondary N) is 1. The maximum absolute atomic E-state index is 14.8. The Morgan fingerprint density at radius 3 is 2.55 bits per heavy atom. The van der Waals surface area contributed by atoms with Crippen LogP contribution in [0.15, 0.2) is 48.5 Å². The predicted octanol–water partition coefficient (Wildman–Crippen LogP) is 4.32. The quantitative estimate of drug-likeness (QED) is 0.645. The minimum Gasteiger partial charge on any atom is -0.354 e. The Bertz CT molecular complexity index is 1080. The highest BCUT2D eigenvalue weighted by molar-refractivity contribution is 5.96. The number of pyridine rings is 1. The lowest BCUT2D eigenvalue weighted by atomic mass is 10.0. The van der Waals surface area contributed by atoms with Crippen LogP contribution in [0.5, 0.6) is 0 Å². The first-order chi connectivity index (χ1) is 15.1. The van der Waals surface area contributed by atoms with Crippen molar-refractivity contribution in [2.45, 2.75) is 20.3 Å². The molecule has 2 aromatic carbocycles. The number of nitrogens with zero attached hydrogens (tertiary/aromatic N) is 3. The van der Waals surface area contributed by atoms with E-state index in [0.29, 0.717) is 17.8 Å². The van der Waals surface area contributed by atoms with Gasteiger partial charge in [-0.3, -0.25) is 4.79 Å². The third-order valence-electron chi connectivity index (χ3n) is 5.88. The smallest absolute Gasteiger partial charge is 0.254 e. The fraction of sp³-hybridized carbons (Fsp3) is 0.360. The number of carbonyl (C=O) groups excluding carboxylic acids is 1. The summed E-state index contributed by atoms with van der Waals surface area (Å²) in [6.45, 7) is 9.58. The Balaban J connectivity index is 1.70. The summed E-state index contributed by atoms with van der Waals surface area (Å²) < 4.78 is 14.8. The van der Waals surface area contributed by atoms with Crippen molar-refractivity contribution in [3.8, 4) is 11.3 Å². The number of anilines is 1. The molecule has 1 fully saturated rings. The molecule has 4 rings (SSSR count). The molecule has 0 spiro atoms. The fourth-order valence-electron chi connectivity index (χ4n) is 4.04. The minimum atomic E-state index is -0.529. The molecule has 0 aliphatic carbocycles. The second-order valence-electron chi connectivity index (χ2n) is 7.92. The first-order valence-corrected chi connectivity index (χ1v) is 11.1. The molecule has 1 N–H and O–H groups in total. The van der Waals surface area contributed by atoms with Gasteiger partial charge in [0.15, 0.2) is 0 Å². The molecule has 1 saturated heterocycles. The van der Waals surface area contributed by atoms with Gasteiger partial charge in [-0.2, -0.15) is 0 Å². The molecule has 3 aromatic rings. The summed E-state index contributed by atoms with van der Waals surface area (Å²) in [5, 5.41) is 4.91. The van der Waals surface area contributed by atoms with Crippen LogP contribution in [0.4, 0.5) is 10.2 Å². The molecule has 1 aliphatic rings. The lowest BCUT2D eigenvalue weighted by Gasteiger charge is -2.35. The van der Waals surface area contributed by atoms with Gasteiger partial charge >= 0.3 is 0 Å². The highest BCUT2D eigenvalue weighted by atomic mass is 19.1. The molecule has 0 bridgehead atoms. The van der Waals surface area contributed by atoms with E-state index in [0.717, 1.165) is 55.7 Å². The molecule has 0 unspecified atom stereocenters. The van der Waals surface area contributed by atoms with Crippen LogP contribution < -0.4 is 10.2 Å². The molecular weight excluding hydrogens is 391 g/mol. The average molecular weight is 421 g/mol. The van der Waals surface area contributed by atoms with Gasteiger partial charge in [0.05, 0.1) is 11.3 Å². The summed E-state index contributed by atoms with van der Waals surface area (Å²) in [5.74, 6) is 0.0278. The zero-order valence-electron chi connectivity index (χ0n) is 18.2. The summed E-state index contributed by atoms with van der Waals surface area (Å²) in [4.78, 5) is 21.9. The number of hydrogen-bond donors (Lipinski definition) is 1. The molecule has 5 nitrogen and oxygen atoms in total. The van der Waals surface area contributed by atoms with Gasteiger partial charge in [0.2, 0.25) is 0 Å². The summed E-state index contributed by atoms with van der Waals surface area (Å²) in [5.41, 5.74) is 1.45. The van der Waals surface area contributed by atoms with Crippen molar-refractivity contribution >= 4 is 22.5 Å². The van der Waals surface area contributed by atoms with Gasteiger partial charge in [-0.25, -0.2) is 9.37 Å². The summed E-state index contributed by atoms with van der Waals surface area (Å²) in [6, 6.07) is 14.9. The van der Waals surface area contributed by atoms with Crippen LogP contribution in [0.3, 0.4) is 0 Å². The first kappa shape index (κ1) is 21.2. The van der Waals surface area contributed by atoms with E-state index in [-0.39, 0.29) is 11.5 Å². The number of likely N-dealkylation sites (N-methyl/N-ethyl adjacent to an activating group) is 1. The minimum absolute atomic E-state index is 0.0638. The van der Waals surface area contributed by atoms with Gasteiger partial charge in [0.1, 0.15) is 11.6 Å². The molecule has 6 heteroatoms. The van der Waals surface area contributed by atoms with Crippen LogP contribution in [0.25, 0.3) is 22.0 Å². The number of carbonyl (C=O) groups is 1. The number of fused-ring (bicyclic) bond motifs is 1. The molecule has 162 valence electrons. The zero-order chi connectivity index (χ0) is 21.8. The second kappa shape index (κ2) is 9.43. The van der Waals surface area contributed by atoms with Crippen LogP contribution >= 0.6 is 0 Å². The van der Waals surface area contributed by atoms with Gasteiger partial charge in [0, 0.05) is 43.7 Å². The van der Waals surface area contributed by atoms with Crippen molar-refractivity contribution in [1.29, 1.82) is 0 Å². The van der Waals surface area contributed by atoms with Crippen LogP contribution in [0.2, 0.25) is 0 Å². The SMILES string of the molecule is CCCNC(=O)c1ccc(-c2cc3ccccc3c(N3CCN(CC)CC3)n2)cc1F. The normalized spacial score (nSPS) is 14.7. The van der Waals surface area contributed by atoms with Gasteiger partial charge in [0.25, 0.3) is 5.91 Å². The van der Waals surface area contributed by atoms with E-state index in [4.69, 9.17) is 4.98 Å². The number of rotatable bonds is 6. The highest BCUT2D eigenvalue weighted by Crippen LogP contribution is 2.31. The Hall–Kier alpha value is -2.99. The third-order valence-corrected chi connectivity index (χ3v) is 5.88. The molecule has 0 radical (unpaired) electrons. The predicted molar refractivity (Wildman–Crippen MR) is 124 cm³/mol. The zero-order valence-corrected chi connectivity index (χ0v) is 18.2. The number of aromatic nitrogens is 1. The summed E-state index contributed by atoms with van der Waals surface area (Å²) in [7, 11) is 0. The molecule has 0 atom stereocenters. The van der Waals surface area contributed by atoms with E-state index in [1.54, 1.807) is 12.1 Å². The Kier molecular flexibility index (Phi) is 6.47. The van der Waals surface area contributed by atoms with Crippen molar-refractivity contribution in [3.63, 3.8) is 0 Å². The number of piperazine rings is 1. The maximum Gasteiger partial charge on any atom is 0.254 e. The number of hydrogen-bond acceptors (Lipinski definition) is 4. The van der Waals surface area contributed by atoms with Crippen molar-refractivity contribution in [1.82, 2.24) is 15.2 Å². The van der Waals surface area contributed by atoms with Gasteiger partial charge in [-0.05, 0) is 36.6 Å². The molecule has 1 aromatic heterocycles. The summed E-state index contributed by atoms with van der Waals surface area (Å²) in [6.07, 6.45) is 0.807. The van der Waals surface area contributed by atoms with E-state index in [1.807, 2.05) is 25.1 Å². The van der Waals surface area contributed by atoms with E-state index < -0.39 is 5.82 Å².